The number of nitrogens with zero attached hydrogens (tertiary/aromatic N) is 1. The molecule has 2 aromatic rings. The maximum atomic E-state index is 5.83. The lowest BCUT2D eigenvalue weighted by molar-refractivity contribution is 0.581. The van der Waals surface area contributed by atoms with Gasteiger partial charge in [0.25, 0.3) is 0 Å². The van der Waals surface area contributed by atoms with Crippen LogP contribution in [0.1, 0.15) is 27.7 Å². The third kappa shape index (κ3) is 3.04. The topological polar surface area (TPSA) is 24.9 Å². The first kappa shape index (κ1) is 12.0. The van der Waals surface area contributed by atoms with E-state index in [-0.39, 0.29) is 0 Å². The van der Waals surface area contributed by atoms with Crippen molar-refractivity contribution in [2.24, 2.45) is 0 Å². The number of aryl methyl sites for hydroxylation is 1. The van der Waals surface area contributed by atoms with Gasteiger partial charge in [0.2, 0.25) is 0 Å². The summed E-state index contributed by atoms with van der Waals surface area (Å²) in [5, 5.41) is 4.47. The van der Waals surface area contributed by atoms with E-state index in [1.165, 1.54) is 21.1 Å². The van der Waals surface area contributed by atoms with Gasteiger partial charge in [0.1, 0.15) is 9.34 Å². The molecular weight excluding hydrogens is 260 g/mol. The van der Waals surface area contributed by atoms with Gasteiger partial charge in [0.15, 0.2) is 0 Å². The summed E-state index contributed by atoms with van der Waals surface area (Å²) < 4.78 is 0.747. The highest BCUT2D eigenvalue weighted by Crippen LogP contribution is 2.23. The monoisotopic (exact) mass is 272 g/mol. The van der Waals surface area contributed by atoms with Gasteiger partial charge in [-0.2, -0.15) is 0 Å². The maximum Gasteiger partial charge on any atom is 0.113 e. The van der Waals surface area contributed by atoms with Gasteiger partial charge in [0, 0.05) is 22.3 Å². The van der Waals surface area contributed by atoms with Crippen molar-refractivity contribution in [3.05, 3.63) is 37.4 Å². The second-order valence-electron chi connectivity index (χ2n) is 3.61. The largest absolute Gasteiger partial charge is 0.303 e. The summed E-state index contributed by atoms with van der Waals surface area (Å²) in [7, 11) is 0. The highest BCUT2D eigenvalue weighted by atomic mass is 35.5. The second-order valence-corrected chi connectivity index (χ2v) is 6.68. The molecule has 16 heavy (non-hydrogen) atoms. The van der Waals surface area contributed by atoms with E-state index >= 15 is 0 Å². The molecule has 0 amide bonds. The molecule has 0 aliphatic rings. The third-order valence-corrected chi connectivity index (χ3v) is 4.57. The molecule has 2 aromatic heterocycles. The van der Waals surface area contributed by atoms with E-state index in [1.807, 2.05) is 11.3 Å². The Morgan fingerprint density at radius 1 is 1.44 bits per heavy atom. The van der Waals surface area contributed by atoms with Gasteiger partial charge in [-0.05, 0) is 26.0 Å². The molecule has 0 spiro atoms. The van der Waals surface area contributed by atoms with Crippen LogP contribution in [-0.4, -0.2) is 4.98 Å². The van der Waals surface area contributed by atoms with Crippen molar-refractivity contribution in [2.45, 2.75) is 26.4 Å². The Morgan fingerprint density at radius 3 is 2.81 bits per heavy atom. The fraction of sp³-hybridized carbons (Fsp3) is 0.364. The Kier molecular flexibility index (Phi) is 3.97. The van der Waals surface area contributed by atoms with Crippen molar-refractivity contribution < 1.29 is 0 Å². The molecule has 5 heteroatoms. The van der Waals surface area contributed by atoms with Gasteiger partial charge in [-0.15, -0.1) is 22.7 Å². The summed E-state index contributed by atoms with van der Waals surface area (Å²) in [5.41, 5.74) is 0. The molecule has 1 N–H and O–H groups in total. The third-order valence-electron chi connectivity index (χ3n) is 2.27. The van der Waals surface area contributed by atoms with Gasteiger partial charge in [-0.1, -0.05) is 11.6 Å². The summed E-state index contributed by atoms with van der Waals surface area (Å²) in [5.74, 6) is 0. The van der Waals surface area contributed by atoms with Crippen molar-refractivity contribution in [2.75, 3.05) is 0 Å². The number of aromatic nitrogens is 1. The predicted molar refractivity (Wildman–Crippen MR) is 71.4 cm³/mol. The second kappa shape index (κ2) is 5.27. The summed E-state index contributed by atoms with van der Waals surface area (Å²) in [6.45, 7) is 5.07. The van der Waals surface area contributed by atoms with Gasteiger partial charge in [0.05, 0.1) is 6.20 Å². The lowest BCUT2D eigenvalue weighted by atomic mass is 10.3. The van der Waals surface area contributed by atoms with Crippen LogP contribution in [0.5, 0.6) is 0 Å². The number of halogens is 1. The van der Waals surface area contributed by atoms with Gasteiger partial charge < -0.3 is 5.32 Å². The van der Waals surface area contributed by atoms with E-state index in [2.05, 4.69) is 36.3 Å². The Labute approximate surface area is 108 Å². The van der Waals surface area contributed by atoms with E-state index in [9.17, 15) is 0 Å². The van der Waals surface area contributed by atoms with Crippen molar-refractivity contribution in [3.63, 3.8) is 0 Å². The van der Waals surface area contributed by atoms with E-state index < -0.39 is 0 Å². The Balaban J connectivity index is 1.91. The van der Waals surface area contributed by atoms with Gasteiger partial charge >= 0.3 is 0 Å². The van der Waals surface area contributed by atoms with E-state index in [0.717, 1.165) is 15.9 Å². The first-order valence-electron chi connectivity index (χ1n) is 5.05. The number of thiazole rings is 1. The lowest BCUT2D eigenvalue weighted by Gasteiger charge is -2.10. The van der Waals surface area contributed by atoms with Crippen molar-refractivity contribution in [3.8, 4) is 0 Å². The zero-order valence-electron chi connectivity index (χ0n) is 9.16. The summed E-state index contributed by atoms with van der Waals surface area (Å²) in [6, 6.07) is 4.69. The Morgan fingerprint density at radius 2 is 2.25 bits per heavy atom. The van der Waals surface area contributed by atoms with Crippen LogP contribution in [-0.2, 0) is 6.54 Å². The number of nitrogens with one attached hydrogen (secondary N) is 1. The quantitative estimate of drug-likeness (QED) is 0.909. The fourth-order valence-corrected chi connectivity index (χ4v) is 3.21. The molecule has 0 radical (unpaired) electrons. The average Bonchev–Trinajstić information content (AvgIpc) is 2.84. The van der Waals surface area contributed by atoms with Crippen LogP contribution in [0.4, 0.5) is 0 Å². The number of hydrogen-bond acceptors (Lipinski definition) is 4. The molecule has 86 valence electrons. The first-order valence-corrected chi connectivity index (χ1v) is 7.06. The molecular formula is C11H13ClN2S2. The standard InChI is InChI=1S/C11H13ClN2S2/c1-7-3-4-9(15-7)8(2)13-6-11-14-5-10(12)16-11/h3-5,8,13H,6H2,1-2H3. The van der Waals surface area contributed by atoms with E-state index in [1.54, 1.807) is 6.20 Å². The molecule has 0 bridgehead atoms. The normalized spacial score (nSPS) is 12.9. The minimum atomic E-state index is 0.362. The van der Waals surface area contributed by atoms with Crippen molar-refractivity contribution in [1.29, 1.82) is 0 Å². The molecule has 0 aliphatic heterocycles. The van der Waals surface area contributed by atoms with E-state index in [4.69, 9.17) is 11.6 Å². The molecule has 2 nitrogen and oxygen atoms in total. The van der Waals surface area contributed by atoms with Gasteiger partial charge in [-0.3, -0.25) is 0 Å². The fourth-order valence-electron chi connectivity index (χ4n) is 1.40. The minimum absolute atomic E-state index is 0.362. The highest BCUT2D eigenvalue weighted by molar-refractivity contribution is 7.15. The molecule has 0 saturated carbocycles. The summed E-state index contributed by atoms with van der Waals surface area (Å²) in [4.78, 5) is 6.92. The van der Waals surface area contributed by atoms with Crippen LogP contribution in [0, 0.1) is 6.92 Å². The van der Waals surface area contributed by atoms with Crippen LogP contribution >= 0.6 is 34.3 Å². The lowest BCUT2D eigenvalue weighted by Crippen LogP contribution is -2.16. The first-order chi connectivity index (χ1) is 7.65. The molecule has 0 fully saturated rings. The minimum Gasteiger partial charge on any atom is -0.303 e. The SMILES string of the molecule is Cc1ccc(C(C)NCc2ncc(Cl)s2)s1. The van der Waals surface area contributed by atoms with E-state index in [0.29, 0.717) is 6.04 Å². The predicted octanol–water partition coefficient (Wildman–Crippen LogP) is 4.02. The van der Waals surface area contributed by atoms with Gasteiger partial charge in [-0.25, -0.2) is 4.98 Å². The Hall–Kier alpha value is -0.420. The number of hydrogen-bond donors (Lipinski definition) is 1. The van der Waals surface area contributed by atoms with Crippen LogP contribution in [0.15, 0.2) is 18.3 Å². The maximum absolute atomic E-state index is 5.83. The molecule has 2 rings (SSSR count). The van der Waals surface area contributed by atoms with Crippen LogP contribution in [0.3, 0.4) is 0 Å². The molecule has 2 heterocycles. The summed E-state index contributed by atoms with van der Waals surface area (Å²) in [6.07, 6.45) is 1.70. The number of rotatable bonds is 4. The zero-order chi connectivity index (χ0) is 11.5. The molecule has 0 aromatic carbocycles. The van der Waals surface area contributed by atoms with Crippen LogP contribution in [0.25, 0.3) is 0 Å². The van der Waals surface area contributed by atoms with Crippen molar-refractivity contribution >= 4 is 34.3 Å². The summed E-state index contributed by atoms with van der Waals surface area (Å²) >= 11 is 9.18. The average molecular weight is 273 g/mol. The highest BCUT2D eigenvalue weighted by Gasteiger charge is 2.08. The molecule has 1 atom stereocenters. The van der Waals surface area contributed by atoms with Crippen molar-refractivity contribution in [1.82, 2.24) is 10.3 Å². The van der Waals surface area contributed by atoms with Crippen LogP contribution < -0.4 is 5.32 Å². The Bertz CT molecular complexity index is 464. The molecule has 1 unspecified atom stereocenters. The zero-order valence-corrected chi connectivity index (χ0v) is 11.5. The smallest absolute Gasteiger partial charge is 0.113 e. The molecule has 0 saturated heterocycles. The number of thiophene rings is 1. The van der Waals surface area contributed by atoms with Crippen LogP contribution in [0.2, 0.25) is 4.34 Å². The molecule has 0 aliphatic carbocycles.